The van der Waals surface area contributed by atoms with Crippen LogP contribution in [-0.2, 0) is 4.79 Å². The molecule has 0 spiro atoms. The van der Waals surface area contributed by atoms with Crippen LogP contribution in [0.4, 0.5) is 0 Å². The first-order chi connectivity index (χ1) is 4.34. The molecule has 0 aliphatic heterocycles. The van der Waals surface area contributed by atoms with Gasteiger partial charge < -0.3 is 0 Å². The number of allylic oxidation sites excluding steroid dienone is 2. The van der Waals surface area contributed by atoms with E-state index in [1.807, 2.05) is 0 Å². The fraction of sp³-hybridized carbons (Fsp3) is 0.625. The molecule has 0 amide bonds. The van der Waals surface area contributed by atoms with E-state index in [9.17, 15) is 4.79 Å². The minimum Gasteiger partial charge on any atom is -0.295 e. The van der Waals surface area contributed by atoms with Crippen molar-refractivity contribution >= 4 is 5.78 Å². The van der Waals surface area contributed by atoms with Crippen molar-refractivity contribution in [3.8, 4) is 0 Å². The van der Waals surface area contributed by atoms with Crippen molar-refractivity contribution in [2.45, 2.75) is 19.3 Å². The van der Waals surface area contributed by atoms with E-state index >= 15 is 0 Å². The summed E-state index contributed by atoms with van der Waals surface area (Å²) >= 11 is 0. The van der Waals surface area contributed by atoms with Gasteiger partial charge in [0, 0.05) is 6.42 Å². The molecule has 1 saturated carbocycles. The fourth-order valence-corrected chi connectivity index (χ4v) is 1.71. The van der Waals surface area contributed by atoms with Gasteiger partial charge in [0.25, 0.3) is 0 Å². The second-order valence-corrected chi connectivity index (χ2v) is 3.13. The van der Waals surface area contributed by atoms with Crippen LogP contribution in [0.1, 0.15) is 19.3 Å². The van der Waals surface area contributed by atoms with Crippen molar-refractivity contribution in [1.82, 2.24) is 0 Å². The van der Waals surface area contributed by atoms with Gasteiger partial charge in [-0.1, -0.05) is 6.08 Å². The largest absolute Gasteiger partial charge is 0.295 e. The SMILES string of the molecule is O=C1C=CC2CC(C1)C2. The molecule has 1 nitrogen and oxygen atoms in total. The summed E-state index contributed by atoms with van der Waals surface area (Å²) in [4.78, 5) is 10.8. The summed E-state index contributed by atoms with van der Waals surface area (Å²) in [6.45, 7) is 0. The lowest BCUT2D eigenvalue weighted by Gasteiger charge is -2.30. The number of fused-ring (bicyclic) bond motifs is 2. The van der Waals surface area contributed by atoms with Crippen LogP contribution in [0, 0.1) is 11.8 Å². The Hall–Kier alpha value is -0.590. The maximum absolute atomic E-state index is 10.8. The number of ketones is 1. The van der Waals surface area contributed by atoms with Crippen molar-refractivity contribution in [3.63, 3.8) is 0 Å². The third-order valence-electron chi connectivity index (χ3n) is 2.32. The van der Waals surface area contributed by atoms with Crippen molar-refractivity contribution in [2.24, 2.45) is 11.8 Å². The van der Waals surface area contributed by atoms with Crippen molar-refractivity contribution in [2.75, 3.05) is 0 Å². The van der Waals surface area contributed by atoms with E-state index in [-0.39, 0.29) is 0 Å². The molecule has 0 heterocycles. The second-order valence-electron chi connectivity index (χ2n) is 3.13. The predicted molar refractivity (Wildman–Crippen MR) is 35.0 cm³/mol. The summed E-state index contributed by atoms with van der Waals surface area (Å²) < 4.78 is 0. The van der Waals surface area contributed by atoms with Gasteiger partial charge >= 0.3 is 0 Å². The standard InChI is InChI=1S/C8H10O/c9-8-2-1-6-3-7(4-6)5-8/h1-2,6-7H,3-5H2. The number of hydrogen-bond donors (Lipinski definition) is 0. The molecule has 0 radical (unpaired) electrons. The first-order valence-electron chi connectivity index (χ1n) is 3.55. The monoisotopic (exact) mass is 122 g/mol. The maximum Gasteiger partial charge on any atom is 0.155 e. The zero-order chi connectivity index (χ0) is 6.27. The highest BCUT2D eigenvalue weighted by Gasteiger charge is 2.30. The van der Waals surface area contributed by atoms with Crippen LogP contribution in [0.3, 0.4) is 0 Å². The van der Waals surface area contributed by atoms with Gasteiger partial charge in [-0.3, -0.25) is 4.79 Å². The van der Waals surface area contributed by atoms with E-state index < -0.39 is 0 Å². The van der Waals surface area contributed by atoms with Crippen LogP contribution in [0.15, 0.2) is 12.2 Å². The summed E-state index contributed by atoms with van der Waals surface area (Å²) in [5, 5.41) is 0. The Balaban J connectivity index is 2.16. The topological polar surface area (TPSA) is 17.1 Å². The highest BCUT2D eigenvalue weighted by molar-refractivity contribution is 5.90. The lowest BCUT2D eigenvalue weighted by Crippen LogP contribution is -2.20. The highest BCUT2D eigenvalue weighted by Crippen LogP contribution is 2.39. The molecule has 9 heavy (non-hydrogen) atoms. The Morgan fingerprint density at radius 1 is 1.44 bits per heavy atom. The molecule has 0 N–H and O–H groups in total. The van der Waals surface area contributed by atoms with Crippen molar-refractivity contribution < 1.29 is 4.79 Å². The van der Waals surface area contributed by atoms with Crippen LogP contribution >= 0.6 is 0 Å². The summed E-state index contributed by atoms with van der Waals surface area (Å²) in [6, 6.07) is 0. The molecule has 0 atom stereocenters. The molecule has 1 heteroatoms. The van der Waals surface area contributed by atoms with E-state index in [0.717, 1.165) is 18.3 Å². The Labute approximate surface area is 54.8 Å². The Kier molecular flexibility index (Phi) is 0.981. The zero-order valence-electron chi connectivity index (χ0n) is 5.34. The molecule has 3 aliphatic carbocycles. The van der Waals surface area contributed by atoms with Crippen LogP contribution in [0.25, 0.3) is 0 Å². The molecular formula is C8H10O. The zero-order valence-corrected chi connectivity index (χ0v) is 5.34. The molecule has 0 unspecified atom stereocenters. The van der Waals surface area contributed by atoms with Crippen molar-refractivity contribution in [1.29, 1.82) is 0 Å². The third kappa shape index (κ3) is 0.805. The molecule has 3 aliphatic rings. The number of carbonyl (C=O) groups excluding carboxylic acids is 1. The fourth-order valence-electron chi connectivity index (χ4n) is 1.71. The average Bonchev–Trinajstić information content (AvgIpc) is 1.93. The molecule has 0 aromatic carbocycles. The highest BCUT2D eigenvalue weighted by atomic mass is 16.1. The van der Waals surface area contributed by atoms with Gasteiger partial charge in [-0.2, -0.15) is 0 Å². The Morgan fingerprint density at radius 2 is 2.22 bits per heavy atom. The van der Waals surface area contributed by atoms with Crippen molar-refractivity contribution in [3.05, 3.63) is 12.2 Å². The first-order valence-corrected chi connectivity index (χ1v) is 3.55. The molecule has 48 valence electrons. The maximum atomic E-state index is 10.8. The lowest BCUT2D eigenvalue weighted by atomic mass is 9.75. The summed E-state index contributed by atoms with van der Waals surface area (Å²) in [6.07, 6.45) is 7.18. The van der Waals surface area contributed by atoms with E-state index in [2.05, 4.69) is 6.08 Å². The quantitative estimate of drug-likeness (QED) is 0.476. The minimum atomic E-state index is 0.333. The summed E-state index contributed by atoms with van der Waals surface area (Å²) in [5.74, 6) is 1.82. The van der Waals surface area contributed by atoms with Gasteiger partial charge in [0.05, 0.1) is 0 Å². The average molecular weight is 122 g/mol. The molecule has 2 bridgehead atoms. The van der Waals surface area contributed by atoms with Gasteiger partial charge in [-0.15, -0.1) is 0 Å². The number of hydrogen-bond acceptors (Lipinski definition) is 1. The molecule has 1 fully saturated rings. The minimum absolute atomic E-state index is 0.333. The van der Waals surface area contributed by atoms with Gasteiger partial charge in [0.15, 0.2) is 5.78 Å². The molecule has 0 aromatic heterocycles. The second kappa shape index (κ2) is 1.69. The number of rotatable bonds is 0. The lowest BCUT2D eigenvalue weighted by molar-refractivity contribution is -0.115. The summed E-state index contributed by atoms with van der Waals surface area (Å²) in [5.41, 5.74) is 0. The molecule has 3 rings (SSSR count). The third-order valence-corrected chi connectivity index (χ3v) is 2.32. The van der Waals surface area contributed by atoms with Gasteiger partial charge in [0.1, 0.15) is 0 Å². The molecule has 0 aromatic rings. The van der Waals surface area contributed by atoms with E-state index in [1.165, 1.54) is 12.8 Å². The Bertz CT molecular complexity index is 163. The van der Waals surface area contributed by atoms with Crippen LogP contribution in [0.5, 0.6) is 0 Å². The summed E-state index contributed by atoms with van der Waals surface area (Å²) in [7, 11) is 0. The van der Waals surface area contributed by atoms with E-state index in [0.29, 0.717) is 5.78 Å². The van der Waals surface area contributed by atoms with Gasteiger partial charge in [-0.25, -0.2) is 0 Å². The smallest absolute Gasteiger partial charge is 0.155 e. The molecular weight excluding hydrogens is 112 g/mol. The number of carbonyl (C=O) groups is 1. The first kappa shape index (κ1) is 5.21. The Morgan fingerprint density at radius 3 is 3.00 bits per heavy atom. The van der Waals surface area contributed by atoms with E-state index in [1.54, 1.807) is 6.08 Å². The van der Waals surface area contributed by atoms with Crippen LogP contribution < -0.4 is 0 Å². The predicted octanol–water partition coefficient (Wildman–Crippen LogP) is 1.54. The van der Waals surface area contributed by atoms with Gasteiger partial charge in [-0.05, 0) is 30.8 Å². The van der Waals surface area contributed by atoms with Crippen LogP contribution in [0.2, 0.25) is 0 Å². The molecule has 0 saturated heterocycles. The normalized spacial score (nSPS) is 39.8. The van der Waals surface area contributed by atoms with Gasteiger partial charge in [0.2, 0.25) is 0 Å². The van der Waals surface area contributed by atoms with Crippen LogP contribution in [-0.4, -0.2) is 5.78 Å². The van der Waals surface area contributed by atoms with E-state index in [4.69, 9.17) is 0 Å².